The van der Waals surface area contributed by atoms with Crippen molar-refractivity contribution in [2.24, 2.45) is 0 Å². The van der Waals surface area contributed by atoms with Gasteiger partial charge >= 0.3 is 0 Å². The SMILES string of the molecule is CC/C=C\C/C=C\C/C=C\C/C=C\C/C=C\C/C=C\CCCCCCCCCCCCCCC(=O)NC(COC1OC(CO)C(OC2OC(CO)C(OC3OC(CO)C(O)C(O)C3O)C(O)C2O)C(O)C1O)C(O)/C=C/CC/C=C/CC/C=C/CCCCCCCCCCCCCCCCCCCC. The topological polar surface area (TPSA) is 307 Å². The van der Waals surface area contributed by atoms with Gasteiger partial charge < -0.3 is 89.9 Å². The zero-order valence-electron chi connectivity index (χ0n) is 64.2. The quantitative estimate of drug-likeness (QED) is 0.0199. The highest BCUT2D eigenvalue weighted by Crippen LogP contribution is 2.33. The molecule has 3 rings (SSSR count). The summed E-state index contributed by atoms with van der Waals surface area (Å²) < 4.78 is 34.4. The molecule has 1 amide bonds. The summed E-state index contributed by atoms with van der Waals surface area (Å²) in [6.45, 7) is 1.62. The molecule has 17 unspecified atom stereocenters. The van der Waals surface area contributed by atoms with Crippen LogP contribution >= 0.6 is 0 Å². The maximum absolute atomic E-state index is 13.5. The highest BCUT2D eigenvalue weighted by atomic mass is 16.8. The number of aliphatic hydroxyl groups is 11. The number of hydrogen-bond acceptors (Lipinski definition) is 18. The van der Waals surface area contributed by atoms with E-state index < -0.39 is 124 Å². The van der Waals surface area contributed by atoms with E-state index >= 15 is 0 Å². The molecule has 17 atom stereocenters. The molecule has 0 spiro atoms. The van der Waals surface area contributed by atoms with Crippen LogP contribution in [0.5, 0.6) is 0 Å². The van der Waals surface area contributed by atoms with Gasteiger partial charge in [0.05, 0.1) is 38.6 Å². The summed E-state index contributed by atoms with van der Waals surface area (Å²) in [5, 5.41) is 121. The van der Waals surface area contributed by atoms with Crippen LogP contribution in [0.2, 0.25) is 0 Å². The first-order chi connectivity index (χ1) is 50.8. The number of amides is 1. The minimum atomic E-state index is -1.99. The minimum Gasteiger partial charge on any atom is -0.394 e. The molecule has 104 heavy (non-hydrogen) atoms. The summed E-state index contributed by atoms with van der Waals surface area (Å²) in [6.07, 6.45) is 62.2. The largest absolute Gasteiger partial charge is 0.394 e. The van der Waals surface area contributed by atoms with Crippen LogP contribution in [0.3, 0.4) is 0 Å². The van der Waals surface area contributed by atoms with Gasteiger partial charge in [0.1, 0.15) is 73.2 Å². The van der Waals surface area contributed by atoms with Gasteiger partial charge in [-0.1, -0.05) is 297 Å². The van der Waals surface area contributed by atoms with Crippen molar-refractivity contribution in [3.63, 3.8) is 0 Å². The van der Waals surface area contributed by atoms with Crippen molar-refractivity contribution in [1.82, 2.24) is 5.32 Å². The van der Waals surface area contributed by atoms with Crippen molar-refractivity contribution < 1.29 is 89.4 Å². The molecule has 3 saturated heterocycles. The zero-order valence-corrected chi connectivity index (χ0v) is 64.2. The van der Waals surface area contributed by atoms with E-state index in [0.717, 1.165) is 96.3 Å². The van der Waals surface area contributed by atoms with Gasteiger partial charge in [-0.2, -0.15) is 0 Å². The van der Waals surface area contributed by atoms with E-state index in [0.29, 0.717) is 12.8 Å². The smallest absolute Gasteiger partial charge is 0.220 e. The Kier molecular flexibility index (Phi) is 58.5. The monoisotopic (exact) mass is 1470 g/mol. The summed E-state index contributed by atoms with van der Waals surface area (Å²) >= 11 is 0. The van der Waals surface area contributed by atoms with Gasteiger partial charge in [-0.25, -0.2) is 0 Å². The van der Waals surface area contributed by atoms with Crippen molar-refractivity contribution in [2.45, 2.75) is 394 Å². The fraction of sp³-hybridized carbons (Fsp3) is 0.776. The standard InChI is InChI=1S/C85H147NO18/c1-3-5-7-9-11-13-15-17-19-21-23-25-27-29-31-33-34-35-37-39-41-43-45-47-49-51-53-55-57-59-61-63-73(91)86-68(69(90)62-60-58-56-54-52-50-48-46-44-42-40-38-36-32-30-28-26-24-22-20-18-16-14-12-10-8-6-4-2)67-99-83-79(97)76(94)81(71(65-88)101-83)104-85-80(98)77(95)82(72(66-89)102-85)103-84-78(96)75(93)74(92)70(64-87)100-84/h5,7,11,13,17,19,23,25,29,31,34-35,44,46,52,54,60,62,68-72,74-85,87-90,92-98H,3-4,6,8-10,12,14-16,18,20-22,24,26-28,30,32-33,36-43,45,47-51,53,55-59,61,63-67H2,1-2H3,(H,86,91)/b7-5-,13-11-,19-17-,25-23-,31-29-,35-34-,46-44+,54-52+,62-60+. The molecule has 3 fully saturated rings. The van der Waals surface area contributed by atoms with Crippen LogP contribution in [0.4, 0.5) is 0 Å². The van der Waals surface area contributed by atoms with Crippen LogP contribution in [0, 0.1) is 0 Å². The summed E-state index contributed by atoms with van der Waals surface area (Å²) in [5.41, 5.74) is 0. The van der Waals surface area contributed by atoms with Crippen LogP contribution < -0.4 is 5.32 Å². The number of unbranched alkanes of at least 4 members (excludes halogenated alkanes) is 32. The van der Waals surface area contributed by atoms with E-state index in [1.807, 2.05) is 6.08 Å². The van der Waals surface area contributed by atoms with Gasteiger partial charge in [0.2, 0.25) is 5.91 Å². The molecule has 0 aromatic carbocycles. The van der Waals surface area contributed by atoms with Gasteiger partial charge in [0, 0.05) is 6.42 Å². The normalized spacial score (nSPS) is 26.5. The number of aliphatic hydroxyl groups excluding tert-OH is 11. The lowest BCUT2D eigenvalue weighted by atomic mass is 9.96. The molecule has 3 aliphatic rings. The van der Waals surface area contributed by atoms with Crippen LogP contribution in [0.15, 0.2) is 109 Å². The third kappa shape index (κ3) is 43.6. The predicted octanol–water partition coefficient (Wildman–Crippen LogP) is 14.1. The summed E-state index contributed by atoms with van der Waals surface area (Å²) in [7, 11) is 0. The molecule has 19 nitrogen and oxygen atoms in total. The molecule has 3 heterocycles. The Hall–Kier alpha value is -3.55. The number of nitrogens with one attached hydrogen (secondary N) is 1. The minimum absolute atomic E-state index is 0.223. The first-order valence-electron chi connectivity index (χ1n) is 41.1. The van der Waals surface area contributed by atoms with Crippen molar-refractivity contribution in [3.8, 4) is 0 Å². The lowest BCUT2D eigenvalue weighted by Crippen LogP contribution is -2.66. The molecular formula is C85H147NO18. The molecule has 12 N–H and O–H groups in total. The highest BCUT2D eigenvalue weighted by Gasteiger charge is 2.54. The number of rotatable bonds is 64. The highest BCUT2D eigenvalue weighted by molar-refractivity contribution is 5.76. The fourth-order valence-electron chi connectivity index (χ4n) is 13.2. The average Bonchev–Trinajstić information content (AvgIpc) is 0.783. The summed E-state index contributed by atoms with van der Waals surface area (Å²) in [5.74, 6) is -0.294. The molecule has 3 aliphatic heterocycles. The van der Waals surface area contributed by atoms with Crippen LogP contribution in [0.1, 0.15) is 290 Å². The molecule has 0 radical (unpaired) electrons. The number of allylic oxidation sites excluding steroid dienone is 17. The number of ether oxygens (including phenoxy) is 6. The zero-order chi connectivity index (χ0) is 75.3. The van der Waals surface area contributed by atoms with E-state index in [4.69, 9.17) is 28.4 Å². The third-order valence-corrected chi connectivity index (χ3v) is 19.8. The van der Waals surface area contributed by atoms with Gasteiger partial charge in [-0.3, -0.25) is 4.79 Å². The van der Waals surface area contributed by atoms with Crippen LogP contribution in [-0.4, -0.2) is 193 Å². The second-order valence-electron chi connectivity index (χ2n) is 28.8. The third-order valence-electron chi connectivity index (χ3n) is 19.8. The summed E-state index contributed by atoms with van der Waals surface area (Å²) in [4.78, 5) is 13.5. The van der Waals surface area contributed by atoms with Gasteiger partial charge in [0.15, 0.2) is 18.9 Å². The Morgan fingerprint density at radius 1 is 0.356 bits per heavy atom. The Bertz CT molecular complexity index is 2300. The number of carbonyl (C=O) groups excluding carboxylic acids is 1. The van der Waals surface area contributed by atoms with E-state index in [2.05, 4.69) is 116 Å². The first-order valence-corrected chi connectivity index (χ1v) is 41.1. The van der Waals surface area contributed by atoms with Crippen molar-refractivity contribution >= 4 is 5.91 Å². The second-order valence-corrected chi connectivity index (χ2v) is 28.8. The second kappa shape index (κ2) is 64.3. The Morgan fingerprint density at radius 3 is 1.08 bits per heavy atom. The van der Waals surface area contributed by atoms with Crippen molar-refractivity contribution in [2.75, 3.05) is 26.4 Å². The van der Waals surface area contributed by atoms with E-state index in [9.17, 15) is 61.0 Å². The maximum atomic E-state index is 13.5. The first kappa shape index (κ1) is 94.7. The fourth-order valence-corrected chi connectivity index (χ4v) is 13.2. The van der Waals surface area contributed by atoms with E-state index in [1.54, 1.807) is 6.08 Å². The molecule has 0 bridgehead atoms. The molecule has 0 aromatic heterocycles. The predicted molar refractivity (Wildman–Crippen MR) is 415 cm³/mol. The number of carbonyl (C=O) groups is 1. The van der Waals surface area contributed by atoms with Gasteiger partial charge in [-0.15, -0.1) is 0 Å². The molecule has 0 aromatic rings. The Balaban J connectivity index is 1.39. The summed E-state index contributed by atoms with van der Waals surface area (Å²) in [6, 6.07) is -1.01. The molecular weight excluding hydrogens is 1320 g/mol. The van der Waals surface area contributed by atoms with Crippen LogP contribution in [-0.2, 0) is 33.2 Å². The Labute approximate surface area is 627 Å². The lowest BCUT2D eigenvalue weighted by Gasteiger charge is -2.48. The lowest BCUT2D eigenvalue weighted by molar-refractivity contribution is -0.379. The average molecular weight is 1470 g/mol. The maximum Gasteiger partial charge on any atom is 0.220 e. The van der Waals surface area contributed by atoms with E-state index in [-0.39, 0.29) is 18.9 Å². The van der Waals surface area contributed by atoms with Gasteiger partial charge in [0.25, 0.3) is 0 Å². The molecule has 0 saturated carbocycles. The number of hydrogen-bond donors (Lipinski definition) is 12. The Morgan fingerprint density at radius 2 is 0.673 bits per heavy atom. The molecule has 19 heteroatoms. The molecule has 600 valence electrons. The van der Waals surface area contributed by atoms with Crippen LogP contribution in [0.25, 0.3) is 0 Å². The van der Waals surface area contributed by atoms with E-state index in [1.165, 1.54) is 161 Å². The molecule has 0 aliphatic carbocycles. The van der Waals surface area contributed by atoms with Gasteiger partial charge in [-0.05, 0) is 96.3 Å². The van der Waals surface area contributed by atoms with Crippen molar-refractivity contribution in [3.05, 3.63) is 109 Å². The van der Waals surface area contributed by atoms with Crippen molar-refractivity contribution in [1.29, 1.82) is 0 Å².